The zero-order valence-electron chi connectivity index (χ0n) is 44.7. The minimum Gasteiger partial charge on any atom is -0.309 e. The van der Waals surface area contributed by atoms with Gasteiger partial charge in [0.25, 0.3) is 0 Å². The van der Waals surface area contributed by atoms with E-state index < -0.39 is 54.4 Å². The molecule has 13 aromatic rings. The summed E-state index contributed by atoms with van der Waals surface area (Å²) in [5.74, 6) is 0.456. The van der Waals surface area contributed by atoms with Gasteiger partial charge in [-0.25, -0.2) is 15.0 Å². The molecule has 5 nitrogen and oxygen atoms in total. The summed E-state index contributed by atoms with van der Waals surface area (Å²) < 4.78 is 118. The van der Waals surface area contributed by atoms with Crippen molar-refractivity contribution in [3.8, 4) is 45.5 Å². The lowest BCUT2D eigenvalue weighted by Crippen LogP contribution is -2.01. The third kappa shape index (κ3) is 5.16. The molecule has 4 heterocycles. The molecule has 0 aliphatic carbocycles. The molecule has 0 aliphatic heterocycles. The second-order valence-corrected chi connectivity index (χ2v) is 15.7. The number of benzene rings is 9. The van der Waals surface area contributed by atoms with Crippen LogP contribution in [0.4, 0.5) is 0 Å². The maximum Gasteiger partial charge on any atom is 0.164 e. The molecule has 0 radical (unpaired) electrons. The van der Waals surface area contributed by atoms with Gasteiger partial charge in [-0.2, -0.15) is 0 Å². The number of hydrogen-bond donors (Lipinski definition) is 0. The number of hydrogen-bond acceptors (Lipinski definition) is 4. The fraction of sp³-hybridized carbons (Fsp3) is 0. The summed E-state index contributed by atoms with van der Waals surface area (Å²) in [6.45, 7) is 0. The maximum atomic E-state index is 9.04. The molecule has 0 unspecified atom stereocenters. The van der Waals surface area contributed by atoms with E-state index in [1.54, 1.807) is 11.3 Å². The smallest absolute Gasteiger partial charge is 0.164 e. The third-order valence-corrected chi connectivity index (χ3v) is 12.4. The number of rotatable bonds is 5. The van der Waals surface area contributed by atoms with Crippen molar-refractivity contribution in [2.24, 2.45) is 0 Å². The van der Waals surface area contributed by atoms with Crippen LogP contribution < -0.4 is 0 Å². The van der Waals surface area contributed by atoms with Crippen LogP contribution in [0.25, 0.3) is 120 Å². The second-order valence-electron chi connectivity index (χ2n) is 14.6. The Hall–Kier alpha value is -7.93. The summed E-state index contributed by atoms with van der Waals surface area (Å²) in [4.78, 5) is 14.5. The maximum absolute atomic E-state index is 9.04. The van der Waals surface area contributed by atoms with Crippen LogP contribution in [-0.4, -0.2) is 24.1 Å². The van der Waals surface area contributed by atoms with Gasteiger partial charge in [-0.3, -0.25) is 0 Å². The molecule has 0 saturated heterocycles. The Morgan fingerprint density at radius 2 is 1.05 bits per heavy atom. The van der Waals surface area contributed by atoms with Crippen molar-refractivity contribution in [1.29, 1.82) is 0 Å². The summed E-state index contributed by atoms with van der Waals surface area (Å²) in [5, 5.41) is 5.61. The topological polar surface area (TPSA) is 48.5 Å². The first-order chi connectivity index (χ1) is 35.7. The number of nitrogens with zero attached hydrogens (tertiary/aromatic N) is 5. The van der Waals surface area contributed by atoms with Gasteiger partial charge in [0.15, 0.2) is 17.5 Å². The third-order valence-electron chi connectivity index (χ3n) is 11.3. The van der Waals surface area contributed by atoms with Gasteiger partial charge in [-0.05, 0) is 59.9 Å². The Labute approximate surface area is 372 Å². The molecule has 0 N–H and O–H groups in total. The molecule has 6 heteroatoms. The molecule has 4 aromatic heterocycles. The van der Waals surface area contributed by atoms with E-state index in [-0.39, 0.29) is 69.0 Å². The van der Waals surface area contributed by atoms with E-state index in [9.17, 15) is 0 Å². The average molecular weight is 809 g/mol. The first-order valence-corrected chi connectivity index (χ1v) is 20.3. The van der Waals surface area contributed by atoms with Crippen molar-refractivity contribution < 1.29 is 17.8 Å². The predicted molar refractivity (Wildman–Crippen MR) is 255 cm³/mol. The van der Waals surface area contributed by atoms with Crippen molar-refractivity contribution >= 4 is 85.9 Å². The standard InChI is InChI=1S/C55H33N5S/c1-3-15-34(16-4-1)53-56-54(35-17-5-2-6-18-35)58-55(57-53)41-29-30-47(38-20-8-7-19-37(38)41)60-46-26-14-11-23-42(46)51-48(60)31-32-49-52(51)43-28-27-36(33-50(43)61-49)59-44-24-12-9-21-39(44)40-22-10-13-25-45(40)59/h1-33H/i1D,3D,4D,9D,10D,12D,13D,15D,16D,21D,22D,24D,25D. The lowest BCUT2D eigenvalue weighted by Gasteiger charge is -2.15. The van der Waals surface area contributed by atoms with Gasteiger partial charge in [0.05, 0.1) is 45.6 Å². The summed E-state index contributed by atoms with van der Waals surface area (Å²) in [7, 11) is 0. The van der Waals surface area contributed by atoms with Crippen LogP contribution in [-0.2, 0) is 0 Å². The summed E-state index contributed by atoms with van der Waals surface area (Å²) in [5.41, 5.74) is 4.46. The van der Waals surface area contributed by atoms with E-state index in [1.807, 2.05) is 97.1 Å². The van der Waals surface area contributed by atoms with E-state index in [2.05, 4.69) is 28.8 Å². The van der Waals surface area contributed by atoms with E-state index in [4.69, 9.17) is 32.8 Å². The lowest BCUT2D eigenvalue weighted by atomic mass is 10.0. The van der Waals surface area contributed by atoms with Crippen molar-refractivity contribution in [3.63, 3.8) is 0 Å². The monoisotopic (exact) mass is 808 g/mol. The fourth-order valence-corrected chi connectivity index (χ4v) is 9.90. The molecule has 9 aromatic carbocycles. The lowest BCUT2D eigenvalue weighted by molar-refractivity contribution is 1.08. The second kappa shape index (κ2) is 13.3. The SMILES string of the molecule is [2H]c1c([2H])c([2H])c(-c2nc(-c3ccccc3)nc(-c3ccc(-n4c5ccccc5c5c6c(ccc54)sc4cc(-n5c7c([2H])c([2H])c([2H])c([2H])c7c7c([2H])c([2H])c([2H])c([2H])c75)ccc46)c4ccccc34)n2)c([2H])c1[2H]. The van der Waals surface area contributed by atoms with Crippen molar-refractivity contribution in [3.05, 3.63) is 200 Å². The minimum absolute atomic E-state index is 0.0212. The van der Waals surface area contributed by atoms with Crippen molar-refractivity contribution in [1.82, 2.24) is 24.1 Å². The molecule has 0 bridgehead atoms. The first kappa shape index (κ1) is 23.6. The molecule has 13 rings (SSSR count). The predicted octanol–water partition coefficient (Wildman–Crippen LogP) is 14.6. The number of aromatic nitrogens is 5. The van der Waals surface area contributed by atoms with Gasteiger partial charge in [-0.15, -0.1) is 11.3 Å². The van der Waals surface area contributed by atoms with Crippen LogP contribution in [0.15, 0.2) is 200 Å². The van der Waals surface area contributed by atoms with Crippen molar-refractivity contribution in [2.75, 3.05) is 0 Å². The van der Waals surface area contributed by atoms with E-state index in [0.717, 1.165) is 58.4 Å². The minimum atomic E-state index is -0.518. The molecule has 0 saturated carbocycles. The quantitative estimate of drug-likeness (QED) is 0.174. The van der Waals surface area contributed by atoms with Crippen LogP contribution in [0.5, 0.6) is 0 Å². The zero-order chi connectivity index (χ0) is 51.3. The Morgan fingerprint density at radius 3 is 1.84 bits per heavy atom. The number of para-hydroxylation sites is 3. The molecular weight excluding hydrogens is 763 g/mol. The van der Waals surface area contributed by atoms with Gasteiger partial charge >= 0.3 is 0 Å². The zero-order valence-corrected chi connectivity index (χ0v) is 32.5. The van der Waals surface area contributed by atoms with E-state index in [1.165, 1.54) is 4.57 Å². The highest BCUT2D eigenvalue weighted by Crippen LogP contribution is 2.45. The molecule has 0 fully saturated rings. The van der Waals surface area contributed by atoms with Gasteiger partial charge in [-0.1, -0.05) is 145 Å². The Kier molecular flexibility index (Phi) is 5.15. The van der Waals surface area contributed by atoms with Crippen LogP contribution in [0.1, 0.15) is 17.8 Å². The molecule has 284 valence electrons. The van der Waals surface area contributed by atoms with Crippen molar-refractivity contribution in [2.45, 2.75) is 0 Å². The molecule has 0 atom stereocenters. The Balaban J connectivity index is 1.03. The average Bonchev–Trinajstić information content (AvgIpc) is 4.11. The van der Waals surface area contributed by atoms with E-state index >= 15 is 0 Å². The molecule has 0 aliphatic rings. The molecule has 0 spiro atoms. The van der Waals surface area contributed by atoms with Gasteiger partial charge in [0, 0.05) is 69.5 Å². The molecule has 61 heavy (non-hydrogen) atoms. The van der Waals surface area contributed by atoms with Gasteiger partial charge in [0.1, 0.15) is 0 Å². The number of fused-ring (bicyclic) bond motifs is 11. The normalized spacial score (nSPS) is 14.9. The highest BCUT2D eigenvalue weighted by Gasteiger charge is 2.22. The first-order valence-electron chi connectivity index (χ1n) is 26.0. The summed E-state index contributed by atoms with van der Waals surface area (Å²) in [6.07, 6.45) is 0. The van der Waals surface area contributed by atoms with Crippen LogP contribution in [0.3, 0.4) is 0 Å². The molecular formula is C55H33N5S. The largest absolute Gasteiger partial charge is 0.309 e. The van der Waals surface area contributed by atoms with Crippen LogP contribution in [0.2, 0.25) is 0 Å². The van der Waals surface area contributed by atoms with E-state index in [0.29, 0.717) is 16.8 Å². The highest BCUT2D eigenvalue weighted by atomic mass is 32.1. The Morgan fingerprint density at radius 1 is 0.393 bits per heavy atom. The highest BCUT2D eigenvalue weighted by molar-refractivity contribution is 7.26. The molecule has 0 amide bonds. The Bertz CT molecular complexity index is 4560. The van der Waals surface area contributed by atoms with Crippen LogP contribution >= 0.6 is 11.3 Å². The fourth-order valence-electron chi connectivity index (χ4n) is 8.75. The summed E-state index contributed by atoms with van der Waals surface area (Å²) >= 11 is 1.55. The number of thiophene rings is 1. The van der Waals surface area contributed by atoms with Gasteiger partial charge in [0.2, 0.25) is 0 Å². The van der Waals surface area contributed by atoms with Gasteiger partial charge < -0.3 is 9.13 Å². The summed E-state index contributed by atoms with van der Waals surface area (Å²) in [6, 6.07) is 33.3. The van der Waals surface area contributed by atoms with Crippen LogP contribution in [0, 0.1) is 0 Å².